The van der Waals surface area contributed by atoms with Gasteiger partial charge in [0.25, 0.3) is 0 Å². The van der Waals surface area contributed by atoms with Gasteiger partial charge in [0.2, 0.25) is 0 Å². The van der Waals surface area contributed by atoms with Gasteiger partial charge in [0.15, 0.2) is 0 Å². The smallest absolute Gasteiger partial charge is 0.0409 e. The van der Waals surface area contributed by atoms with Crippen molar-refractivity contribution in [2.24, 2.45) is 0 Å². The lowest BCUT2D eigenvalue weighted by molar-refractivity contribution is 0.459. The SMILES string of the molecule is [CH2]c1ccc2c(c1)C(C)(C)CN2C(C)(C)C. The summed E-state index contributed by atoms with van der Waals surface area (Å²) in [6.07, 6.45) is 0. The van der Waals surface area contributed by atoms with E-state index < -0.39 is 0 Å². The fourth-order valence-electron chi connectivity index (χ4n) is 2.52. The Hall–Kier alpha value is -0.980. The van der Waals surface area contributed by atoms with E-state index in [0.717, 1.165) is 12.1 Å². The van der Waals surface area contributed by atoms with Crippen LogP contribution in [0.4, 0.5) is 5.69 Å². The van der Waals surface area contributed by atoms with Crippen molar-refractivity contribution in [3.63, 3.8) is 0 Å². The van der Waals surface area contributed by atoms with Gasteiger partial charge in [-0.15, -0.1) is 0 Å². The number of hydrogen-bond donors (Lipinski definition) is 0. The van der Waals surface area contributed by atoms with Gasteiger partial charge in [-0.3, -0.25) is 0 Å². The second-order valence-corrected chi connectivity index (χ2v) is 6.49. The predicted molar refractivity (Wildman–Crippen MR) is 71.0 cm³/mol. The van der Waals surface area contributed by atoms with Gasteiger partial charge in [0, 0.05) is 23.2 Å². The number of nitrogens with zero attached hydrogens (tertiary/aromatic N) is 1. The molecular weight excluding hydrogens is 194 g/mol. The lowest BCUT2D eigenvalue weighted by Crippen LogP contribution is -2.42. The van der Waals surface area contributed by atoms with Gasteiger partial charge in [-0.25, -0.2) is 0 Å². The molecule has 1 aromatic rings. The molecule has 0 saturated heterocycles. The number of rotatable bonds is 0. The minimum Gasteiger partial charge on any atom is -0.366 e. The number of anilines is 1. The highest BCUT2D eigenvalue weighted by Crippen LogP contribution is 2.43. The van der Waals surface area contributed by atoms with Crippen LogP contribution in [0.3, 0.4) is 0 Å². The van der Waals surface area contributed by atoms with Crippen molar-refractivity contribution in [1.29, 1.82) is 0 Å². The average Bonchev–Trinajstić information content (AvgIpc) is 2.38. The first-order valence-corrected chi connectivity index (χ1v) is 5.96. The summed E-state index contributed by atoms with van der Waals surface area (Å²) in [4.78, 5) is 2.50. The van der Waals surface area contributed by atoms with Gasteiger partial charge in [-0.05, 0) is 44.9 Å². The quantitative estimate of drug-likeness (QED) is 0.638. The van der Waals surface area contributed by atoms with Gasteiger partial charge in [-0.2, -0.15) is 0 Å². The number of hydrogen-bond acceptors (Lipinski definition) is 1. The zero-order chi connectivity index (χ0) is 12.1. The van der Waals surface area contributed by atoms with Crippen LogP contribution in [0.1, 0.15) is 45.7 Å². The number of fused-ring (bicyclic) bond motifs is 1. The van der Waals surface area contributed by atoms with Crippen LogP contribution in [-0.2, 0) is 5.41 Å². The van der Waals surface area contributed by atoms with Gasteiger partial charge < -0.3 is 4.90 Å². The molecule has 0 aromatic heterocycles. The molecule has 0 unspecified atom stereocenters. The van der Waals surface area contributed by atoms with E-state index in [-0.39, 0.29) is 11.0 Å². The van der Waals surface area contributed by atoms with E-state index in [0.29, 0.717) is 0 Å². The molecule has 1 aromatic carbocycles. The maximum Gasteiger partial charge on any atom is 0.0409 e. The Balaban J connectivity index is 2.56. The van der Waals surface area contributed by atoms with Crippen molar-refractivity contribution in [2.45, 2.75) is 45.6 Å². The summed E-state index contributed by atoms with van der Waals surface area (Å²) in [6, 6.07) is 6.57. The lowest BCUT2D eigenvalue weighted by Gasteiger charge is -2.35. The normalized spacial score (nSPS) is 18.8. The van der Waals surface area contributed by atoms with Gasteiger partial charge >= 0.3 is 0 Å². The fraction of sp³-hybridized carbons (Fsp3) is 0.533. The van der Waals surface area contributed by atoms with E-state index in [1.165, 1.54) is 11.3 Å². The topological polar surface area (TPSA) is 3.24 Å². The summed E-state index contributed by atoms with van der Waals surface area (Å²) in [6.45, 7) is 16.6. The first kappa shape index (κ1) is 11.5. The molecule has 2 rings (SSSR count). The molecule has 16 heavy (non-hydrogen) atoms. The Bertz CT molecular complexity index is 410. The zero-order valence-electron chi connectivity index (χ0n) is 11.1. The van der Waals surface area contributed by atoms with Crippen LogP contribution in [0.25, 0.3) is 0 Å². The minimum atomic E-state index is 0.186. The van der Waals surface area contributed by atoms with Gasteiger partial charge in [-0.1, -0.05) is 26.0 Å². The standard InChI is InChI=1S/C15H22N/c1-11-7-8-13-12(9-11)15(5,6)10-16(13)14(2,3)4/h7-9H,1,10H2,2-6H3. The van der Waals surface area contributed by atoms with Crippen molar-refractivity contribution in [3.8, 4) is 0 Å². The molecule has 0 fully saturated rings. The van der Waals surface area contributed by atoms with Crippen LogP contribution >= 0.6 is 0 Å². The average molecular weight is 216 g/mol. The molecular formula is C15H22N. The molecule has 0 saturated carbocycles. The van der Waals surface area contributed by atoms with E-state index in [9.17, 15) is 0 Å². The Morgan fingerprint density at radius 1 is 1.25 bits per heavy atom. The molecule has 0 spiro atoms. The summed E-state index contributed by atoms with van der Waals surface area (Å²) < 4.78 is 0. The van der Waals surface area contributed by atoms with Crippen molar-refractivity contribution in [1.82, 2.24) is 0 Å². The van der Waals surface area contributed by atoms with Crippen molar-refractivity contribution < 1.29 is 0 Å². The van der Waals surface area contributed by atoms with Gasteiger partial charge in [0.1, 0.15) is 0 Å². The molecule has 0 atom stereocenters. The Labute approximate surface area is 99.5 Å². The van der Waals surface area contributed by atoms with Crippen molar-refractivity contribution in [3.05, 3.63) is 36.2 Å². The van der Waals surface area contributed by atoms with E-state index in [2.05, 4.69) is 64.6 Å². The van der Waals surface area contributed by atoms with E-state index in [1.807, 2.05) is 0 Å². The Morgan fingerprint density at radius 3 is 2.44 bits per heavy atom. The molecule has 0 amide bonds. The minimum absolute atomic E-state index is 0.186. The van der Waals surface area contributed by atoms with E-state index in [4.69, 9.17) is 0 Å². The van der Waals surface area contributed by atoms with Crippen LogP contribution in [0, 0.1) is 6.92 Å². The van der Waals surface area contributed by atoms with Gasteiger partial charge in [0.05, 0.1) is 0 Å². The Morgan fingerprint density at radius 2 is 1.88 bits per heavy atom. The van der Waals surface area contributed by atoms with Crippen LogP contribution in [0.2, 0.25) is 0 Å². The Kier molecular flexibility index (Phi) is 2.34. The fourth-order valence-corrected chi connectivity index (χ4v) is 2.52. The van der Waals surface area contributed by atoms with E-state index in [1.54, 1.807) is 0 Å². The van der Waals surface area contributed by atoms with Crippen LogP contribution in [0.5, 0.6) is 0 Å². The molecule has 0 N–H and O–H groups in total. The third kappa shape index (κ3) is 1.73. The maximum atomic E-state index is 4.03. The second-order valence-electron chi connectivity index (χ2n) is 6.49. The molecule has 1 heteroatoms. The van der Waals surface area contributed by atoms with Crippen LogP contribution in [-0.4, -0.2) is 12.1 Å². The largest absolute Gasteiger partial charge is 0.366 e. The highest BCUT2D eigenvalue weighted by Gasteiger charge is 2.39. The third-order valence-corrected chi connectivity index (χ3v) is 3.44. The highest BCUT2D eigenvalue weighted by atomic mass is 15.2. The molecule has 1 aliphatic heterocycles. The lowest BCUT2D eigenvalue weighted by atomic mass is 9.86. The van der Waals surface area contributed by atoms with Crippen molar-refractivity contribution in [2.75, 3.05) is 11.4 Å². The third-order valence-electron chi connectivity index (χ3n) is 3.44. The molecule has 1 aliphatic rings. The molecule has 1 nitrogen and oxygen atoms in total. The summed E-state index contributed by atoms with van der Waals surface area (Å²) in [7, 11) is 0. The molecule has 1 heterocycles. The van der Waals surface area contributed by atoms with Crippen molar-refractivity contribution >= 4 is 5.69 Å². The first-order valence-electron chi connectivity index (χ1n) is 5.96. The predicted octanol–water partition coefficient (Wildman–Crippen LogP) is 3.76. The van der Waals surface area contributed by atoms with E-state index >= 15 is 0 Å². The first-order chi connectivity index (χ1) is 7.22. The summed E-state index contributed by atoms with van der Waals surface area (Å²) in [5.41, 5.74) is 4.35. The summed E-state index contributed by atoms with van der Waals surface area (Å²) in [5.74, 6) is 0. The molecule has 87 valence electrons. The maximum absolute atomic E-state index is 4.03. The van der Waals surface area contributed by atoms with Crippen LogP contribution in [0.15, 0.2) is 18.2 Å². The molecule has 0 bridgehead atoms. The molecule has 1 radical (unpaired) electrons. The summed E-state index contributed by atoms with van der Waals surface area (Å²) in [5, 5.41) is 0. The molecule has 0 aliphatic carbocycles. The second kappa shape index (κ2) is 3.26. The summed E-state index contributed by atoms with van der Waals surface area (Å²) >= 11 is 0. The highest BCUT2D eigenvalue weighted by molar-refractivity contribution is 5.64. The van der Waals surface area contributed by atoms with Crippen LogP contribution < -0.4 is 4.90 Å². The monoisotopic (exact) mass is 216 g/mol. The number of benzene rings is 1. The zero-order valence-corrected chi connectivity index (χ0v) is 11.1.